The zero-order valence-corrected chi connectivity index (χ0v) is 20.9. The van der Waals surface area contributed by atoms with Crippen molar-refractivity contribution in [1.82, 2.24) is 15.0 Å². The summed E-state index contributed by atoms with van der Waals surface area (Å²) < 4.78 is 1.06. The molecular weight excluding hydrogens is 482 g/mol. The van der Waals surface area contributed by atoms with E-state index in [1.165, 1.54) is 5.57 Å². The molecule has 1 atom stereocenters. The monoisotopic (exact) mass is 507 g/mol. The van der Waals surface area contributed by atoms with E-state index in [2.05, 4.69) is 99.4 Å². The number of rotatable bonds is 3. The van der Waals surface area contributed by atoms with E-state index in [4.69, 9.17) is 0 Å². The quantitative estimate of drug-likeness (QED) is 0.279. The second-order valence-electron chi connectivity index (χ2n) is 8.10. The van der Waals surface area contributed by atoms with Crippen LogP contribution >= 0.6 is 15.9 Å². The molecule has 4 heteroatoms. The lowest BCUT2D eigenvalue weighted by atomic mass is 10.0. The molecule has 0 radical (unpaired) electrons. The predicted molar refractivity (Wildman–Crippen MR) is 145 cm³/mol. The number of allylic oxidation sites excluding steroid dienone is 6. The highest BCUT2D eigenvalue weighted by atomic mass is 79.9. The second-order valence-corrected chi connectivity index (χ2v) is 9.02. The van der Waals surface area contributed by atoms with Gasteiger partial charge in [-0.3, -0.25) is 0 Å². The third kappa shape index (κ3) is 6.46. The molecule has 1 unspecified atom stereocenters. The Hall–Kier alpha value is -3.63. The van der Waals surface area contributed by atoms with Gasteiger partial charge in [-0.25, -0.2) is 15.0 Å². The van der Waals surface area contributed by atoms with E-state index >= 15 is 0 Å². The predicted octanol–water partition coefficient (Wildman–Crippen LogP) is 8.33. The molecule has 3 nitrogen and oxygen atoms in total. The molecule has 0 fully saturated rings. The SMILES string of the molecule is Brc1cccc(-c2cccc(-c3ncnc(-c4ccccc4)n3)c2)c1.CC1=CC(C)C=CC=C1. The van der Waals surface area contributed by atoms with Gasteiger partial charge in [0.05, 0.1) is 0 Å². The molecular formula is C30H26BrN3. The lowest BCUT2D eigenvalue weighted by Gasteiger charge is -2.06. The summed E-state index contributed by atoms with van der Waals surface area (Å²) >= 11 is 3.53. The summed E-state index contributed by atoms with van der Waals surface area (Å²) in [5, 5.41) is 0. The van der Waals surface area contributed by atoms with Crippen molar-refractivity contribution < 1.29 is 0 Å². The van der Waals surface area contributed by atoms with Gasteiger partial charge in [0.15, 0.2) is 11.6 Å². The first kappa shape index (κ1) is 23.5. The van der Waals surface area contributed by atoms with Crippen molar-refractivity contribution in [2.45, 2.75) is 13.8 Å². The van der Waals surface area contributed by atoms with Crippen LogP contribution in [0.15, 0.2) is 126 Å². The van der Waals surface area contributed by atoms with Gasteiger partial charge < -0.3 is 0 Å². The summed E-state index contributed by atoms with van der Waals surface area (Å²) in [4.78, 5) is 13.3. The van der Waals surface area contributed by atoms with Crippen molar-refractivity contribution in [1.29, 1.82) is 0 Å². The van der Waals surface area contributed by atoms with E-state index in [-0.39, 0.29) is 0 Å². The zero-order chi connectivity index (χ0) is 23.8. The van der Waals surface area contributed by atoms with Crippen LogP contribution in [-0.2, 0) is 0 Å². The molecule has 0 N–H and O–H groups in total. The fourth-order valence-electron chi connectivity index (χ4n) is 3.64. The van der Waals surface area contributed by atoms with Gasteiger partial charge in [-0.2, -0.15) is 0 Å². The molecule has 5 rings (SSSR count). The van der Waals surface area contributed by atoms with E-state index in [9.17, 15) is 0 Å². The first-order valence-corrected chi connectivity index (χ1v) is 12.0. The van der Waals surface area contributed by atoms with E-state index in [0.29, 0.717) is 17.6 Å². The number of aromatic nitrogens is 3. The van der Waals surface area contributed by atoms with E-state index in [1.807, 2.05) is 54.6 Å². The minimum absolute atomic E-state index is 0.597. The fraction of sp³-hybridized carbons (Fsp3) is 0.100. The minimum atomic E-state index is 0.597. The van der Waals surface area contributed by atoms with E-state index < -0.39 is 0 Å². The van der Waals surface area contributed by atoms with Crippen molar-refractivity contribution in [3.05, 3.63) is 126 Å². The third-order valence-corrected chi connectivity index (χ3v) is 5.79. The Morgan fingerprint density at radius 1 is 0.706 bits per heavy atom. The Morgan fingerprint density at radius 2 is 1.35 bits per heavy atom. The molecule has 168 valence electrons. The van der Waals surface area contributed by atoms with Crippen molar-refractivity contribution >= 4 is 15.9 Å². The molecule has 1 heterocycles. The lowest BCUT2D eigenvalue weighted by Crippen LogP contribution is -1.95. The molecule has 0 amide bonds. The average molecular weight is 508 g/mol. The van der Waals surface area contributed by atoms with Crippen LogP contribution in [-0.4, -0.2) is 15.0 Å². The molecule has 4 aromatic rings. The maximum Gasteiger partial charge on any atom is 0.163 e. The van der Waals surface area contributed by atoms with Crippen LogP contribution in [0, 0.1) is 5.92 Å². The number of nitrogens with zero attached hydrogens (tertiary/aromatic N) is 3. The molecule has 0 bridgehead atoms. The largest absolute Gasteiger partial charge is 0.217 e. The van der Waals surface area contributed by atoms with Gasteiger partial charge in [-0.1, -0.05) is 119 Å². The van der Waals surface area contributed by atoms with Crippen LogP contribution in [0.4, 0.5) is 0 Å². The molecule has 34 heavy (non-hydrogen) atoms. The van der Waals surface area contributed by atoms with E-state index in [0.717, 1.165) is 26.7 Å². The van der Waals surface area contributed by atoms with Gasteiger partial charge in [0, 0.05) is 15.6 Å². The smallest absolute Gasteiger partial charge is 0.163 e. The standard InChI is InChI=1S/C21H14BrN3.C9H12/c22-19-11-5-9-17(13-19)16-8-4-10-18(12-16)21-24-14-23-20(25-21)15-6-2-1-3-7-15;1-8-5-3-4-6-9(2)7-8/h1-14H;3-8H,1-2H3. The highest BCUT2D eigenvalue weighted by Crippen LogP contribution is 2.27. The molecule has 0 spiro atoms. The number of benzene rings is 3. The second kappa shape index (κ2) is 11.5. The van der Waals surface area contributed by atoms with Crippen molar-refractivity contribution in [3.8, 4) is 33.9 Å². The molecule has 3 aromatic carbocycles. The molecule has 1 aromatic heterocycles. The van der Waals surface area contributed by atoms with Gasteiger partial charge in [0.2, 0.25) is 0 Å². The average Bonchev–Trinajstić information content (AvgIpc) is 3.07. The fourth-order valence-corrected chi connectivity index (χ4v) is 4.04. The van der Waals surface area contributed by atoms with Gasteiger partial charge in [0.25, 0.3) is 0 Å². The number of hydrogen-bond donors (Lipinski definition) is 0. The van der Waals surface area contributed by atoms with Crippen LogP contribution in [0.3, 0.4) is 0 Å². The van der Waals surface area contributed by atoms with Gasteiger partial charge in [-0.05, 0) is 42.2 Å². The van der Waals surface area contributed by atoms with Crippen LogP contribution < -0.4 is 0 Å². The maximum absolute atomic E-state index is 4.63. The van der Waals surface area contributed by atoms with Gasteiger partial charge >= 0.3 is 0 Å². The summed E-state index contributed by atoms with van der Waals surface area (Å²) in [6.07, 6.45) is 12.3. The lowest BCUT2D eigenvalue weighted by molar-refractivity contribution is 0.934. The molecule has 0 saturated carbocycles. The molecule has 0 aliphatic heterocycles. The summed E-state index contributed by atoms with van der Waals surface area (Å²) in [6, 6.07) is 26.4. The first-order valence-electron chi connectivity index (χ1n) is 11.2. The molecule has 1 aliphatic rings. The highest BCUT2D eigenvalue weighted by molar-refractivity contribution is 9.10. The topological polar surface area (TPSA) is 38.7 Å². The van der Waals surface area contributed by atoms with Gasteiger partial charge in [-0.15, -0.1) is 0 Å². The maximum atomic E-state index is 4.63. The Morgan fingerprint density at radius 3 is 2.12 bits per heavy atom. The molecule has 1 aliphatic carbocycles. The summed E-state index contributed by atoms with van der Waals surface area (Å²) in [5.41, 5.74) is 5.58. The summed E-state index contributed by atoms with van der Waals surface area (Å²) in [6.45, 7) is 4.31. The van der Waals surface area contributed by atoms with Crippen LogP contribution in [0.2, 0.25) is 0 Å². The molecule has 0 saturated heterocycles. The Kier molecular flexibility index (Phi) is 7.95. The van der Waals surface area contributed by atoms with E-state index in [1.54, 1.807) is 6.33 Å². The van der Waals surface area contributed by atoms with Crippen molar-refractivity contribution in [3.63, 3.8) is 0 Å². The third-order valence-electron chi connectivity index (χ3n) is 5.29. The van der Waals surface area contributed by atoms with Crippen LogP contribution in [0.25, 0.3) is 33.9 Å². The minimum Gasteiger partial charge on any atom is -0.217 e. The normalized spacial score (nSPS) is 14.6. The first-order chi connectivity index (χ1) is 16.6. The Bertz CT molecular complexity index is 1340. The number of halogens is 1. The van der Waals surface area contributed by atoms with Crippen molar-refractivity contribution in [2.75, 3.05) is 0 Å². The van der Waals surface area contributed by atoms with Crippen molar-refractivity contribution in [2.24, 2.45) is 5.92 Å². The Balaban J connectivity index is 0.000000257. The van der Waals surface area contributed by atoms with Gasteiger partial charge in [0.1, 0.15) is 6.33 Å². The zero-order valence-electron chi connectivity index (χ0n) is 19.3. The Labute approximate surface area is 209 Å². The van der Waals surface area contributed by atoms with Crippen LogP contribution in [0.5, 0.6) is 0 Å². The highest BCUT2D eigenvalue weighted by Gasteiger charge is 2.07. The van der Waals surface area contributed by atoms with Crippen LogP contribution in [0.1, 0.15) is 13.8 Å². The number of hydrogen-bond acceptors (Lipinski definition) is 3. The summed E-state index contributed by atoms with van der Waals surface area (Å²) in [5.74, 6) is 1.95. The summed E-state index contributed by atoms with van der Waals surface area (Å²) in [7, 11) is 0.